The van der Waals surface area contributed by atoms with Crippen molar-refractivity contribution in [3.8, 4) is 0 Å². The van der Waals surface area contributed by atoms with Gasteiger partial charge in [-0.15, -0.1) is 0 Å². The van der Waals surface area contributed by atoms with Crippen LogP contribution in [0, 0.1) is 5.92 Å². The lowest BCUT2D eigenvalue weighted by molar-refractivity contribution is -0.193. The van der Waals surface area contributed by atoms with Gasteiger partial charge >= 0.3 is 24.3 Å². The van der Waals surface area contributed by atoms with Crippen molar-refractivity contribution in [2.75, 3.05) is 32.9 Å². The summed E-state index contributed by atoms with van der Waals surface area (Å²) in [6.45, 7) is 5.43. The van der Waals surface area contributed by atoms with Crippen molar-refractivity contribution < 1.29 is 60.4 Å². The van der Waals surface area contributed by atoms with Crippen molar-refractivity contribution in [2.45, 2.75) is 62.9 Å². The van der Waals surface area contributed by atoms with E-state index in [4.69, 9.17) is 34.0 Å². The number of hydrogen-bond donors (Lipinski definition) is 2. The van der Waals surface area contributed by atoms with Crippen LogP contribution in [0.25, 0.3) is 0 Å². The molecule has 4 rings (SSSR count). The van der Waals surface area contributed by atoms with Crippen LogP contribution >= 0.6 is 0 Å². The van der Waals surface area contributed by atoms with Crippen LogP contribution in [0.5, 0.6) is 0 Å². The second-order valence-electron chi connectivity index (χ2n) is 8.83. The first kappa shape index (κ1) is 31.7. The predicted octanol–water partition coefficient (Wildman–Crippen LogP) is 3.52. The number of fused-ring (bicyclic) bond motifs is 1. The zero-order chi connectivity index (χ0) is 28.3. The molecule has 0 spiro atoms. The summed E-state index contributed by atoms with van der Waals surface area (Å²) in [7, 11) is 0. The van der Waals surface area contributed by atoms with Gasteiger partial charge in [-0.25, -0.2) is 9.59 Å². The number of pyridine rings is 1. The minimum atomic E-state index is -5.08. The van der Waals surface area contributed by atoms with Crippen molar-refractivity contribution in [2.24, 2.45) is 5.92 Å². The van der Waals surface area contributed by atoms with Crippen molar-refractivity contribution in [1.82, 2.24) is 9.88 Å². The number of alkyl halides is 6. The second kappa shape index (κ2) is 14.6. The van der Waals surface area contributed by atoms with Crippen LogP contribution in [-0.2, 0) is 30.4 Å². The number of carboxylic acids is 2. The molecule has 3 aliphatic heterocycles. The topological polar surface area (TPSA) is 118 Å². The number of rotatable bonds is 5. The molecule has 2 N–H and O–H groups in total. The van der Waals surface area contributed by atoms with Gasteiger partial charge in [-0.2, -0.15) is 26.3 Å². The molecular weight excluding hydrogens is 530 g/mol. The largest absolute Gasteiger partial charge is 0.490 e. The van der Waals surface area contributed by atoms with E-state index in [1.54, 1.807) is 0 Å². The fourth-order valence-corrected chi connectivity index (χ4v) is 4.30. The molecule has 3 aliphatic rings. The van der Waals surface area contributed by atoms with E-state index < -0.39 is 24.3 Å². The zero-order valence-corrected chi connectivity index (χ0v) is 20.3. The minimum absolute atomic E-state index is 0.164. The van der Waals surface area contributed by atoms with E-state index in [2.05, 4.69) is 9.88 Å². The van der Waals surface area contributed by atoms with Crippen molar-refractivity contribution in [3.05, 3.63) is 30.1 Å². The van der Waals surface area contributed by atoms with Crippen LogP contribution in [0.2, 0.25) is 0 Å². The Morgan fingerprint density at radius 3 is 2.13 bits per heavy atom. The van der Waals surface area contributed by atoms with Crippen LogP contribution in [-0.4, -0.2) is 95.5 Å². The Morgan fingerprint density at radius 2 is 1.61 bits per heavy atom. The summed E-state index contributed by atoms with van der Waals surface area (Å²) >= 11 is 0. The Balaban J connectivity index is 0.000000301. The molecule has 3 saturated heterocycles. The molecular formula is C23H30F6N2O7. The maximum atomic E-state index is 10.6. The van der Waals surface area contributed by atoms with Gasteiger partial charge in [-0.1, -0.05) is 6.07 Å². The molecule has 4 heterocycles. The number of aromatic nitrogens is 1. The first-order chi connectivity index (χ1) is 17.8. The van der Waals surface area contributed by atoms with Crippen molar-refractivity contribution >= 4 is 11.9 Å². The molecule has 0 bridgehead atoms. The number of carboxylic acid groups (broad SMARTS) is 2. The molecule has 3 fully saturated rings. The number of halogens is 6. The molecule has 38 heavy (non-hydrogen) atoms. The van der Waals surface area contributed by atoms with Gasteiger partial charge in [0.15, 0.2) is 0 Å². The number of nitrogens with zero attached hydrogens (tertiary/aromatic N) is 2. The molecule has 0 aliphatic carbocycles. The number of likely N-dealkylation sites (tertiary alicyclic amines) is 1. The first-order valence-corrected chi connectivity index (χ1v) is 11.8. The average Bonchev–Trinajstić information content (AvgIpc) is 3.21. The lowest BCUT2D eigenvalue weighted by atomic mass is 9.97. The third-order valence-electron chi connectivity index (χ3n) is 6.07. The number of hydrogen-bond acceptors (Lipinski definition) is 7. The molecule has 15 heteroatoms. The normalized spacial score (nSPS) is 24.3. The maximum Gasteiger partial charge on any atom is 0.490 e. The van der Waals surface area contributed by atoms with Gasteiger partial charge in [0.1, 0.15) is 6.10 Å². The van der Waals surface area contributed by atoms with Crippen molar-refractivity contribution in [3.63, 3.8) is 0 Å². The quantitative estimate of drug-likeness (QED) is 0.522. The van der Waals surface area contributed by atoms with Crippen molar-refractivity contribution in [1.29, 1.82) is 0 Å². The van der Waals surface area contributed by atoms with E-state index in [9.17, 15) is 26.3 Å². The van der Waals surface area contributed by atoms with E-state index in [-0.39, 0.29) is 12.2 Å². The highest BCUT2D eigenvalue weighted by Gasteiger charge is 2.45. The van der Waals surface area contributed by atoms with E-state index in [0.29, 0.717) is 12.6 Å². The van der Waals surface area contributed by atoms with E-state index >= 15 is 0 Å². The molecule has 1 aromatic heterocycles. The second-order valence-corrected chi connectivity index (χ2v) is 8.83. The Bertz CT molecular complexity index is 842. The smallest absolute Gasteiger partial charge is 0.475 e. The zero-order valence-electron chi connectivity index (χ0n) is 20.3. The lowest BCUT2D eigenvalue weighted by Gasteiger charge is -2.34. The lowest BCUT2D eigenvalue weighted by Crippen LogP contribution is -2.43. The highest BCUT2D eigenvalue weighted by molar-refractivity contribution is 5.73. The Kier molecular flexibility index (Phi) is 12.2. The fraction of sp³-hybridized carbons (Fsp3) is 0.696. The summed E-state index contributed by atoms with van der Waals surface area (Å²) in [5.41, 5.74) is 0.993. The molecule has 0 unspecified atom stereocenters. The fourth-order valence-electron chi connectivity index (χ4n) is 4.30. The van der Waals surface area contributed by atoms with E-state index in [0.717, 1.165) is 44.5 Å². The molecule has 0 saturated carbocycles. The molecule has 0 aromatic carbocycles. The summed E-state index contributed by atoms with van der Waals surface area (Å²) in [4.78, 5) is 24.8. The van der Waals surface area contributed by atoms with E-state index in [1.165, 1.54) is 25.7 Å². The molecule has 1 aromatic rings. The standard InChI is InChI=1S/C19H28N2O3.2C2HF3O2/c1-2-8-20-16(4-1)14-24-18-13-21(12-15-6-10-22-11-7-15)17-5-3-9-23-19(17)18;2*3-2(4,5)1(6)7/h1-2,4,8,15,17-19H,3,5-7,9-14H2;2*(H,6,7)/t17-,18-,19+;;/m1../s1. The van der Waals surface area contributed by atoms with Crippen LogP contribution in [0.3, 0.4) is 0 Å². The van der Waals surface area contributed by atoms with Gasteiger partial charge in [0.2, 0.25) is 0 Å². The monoisotopic (exact) mass is 560 g/mol. The van der Waals surface area contributed by atoms with Crippen LogP contribution in [0.4, 0.5) is 26.3 Å². The van der Waals surface area contributed by atoms with Gasteiger partial charge in [0, 0.05) is 45.1 Å². The molecule has 9 nitrogen and oxygen atoms in total. The maximum absolute atomic E-state index is 10.6. The minimum Gasteiger partial charge on any atom is -0.475 e. The first-order valence-electron chi connectivity index (χ1n) is 11.8. The molecule has 0 amide bonds. The van der Waals surface area contributed by atoms with Crippen LogP contribution in [0.15, 0.2) is 24.4 Å². The van der Waals surface area contributed by atoms with Crippen LogP contribution in [0.1, 0.15) is 31.4 Å². The molecule has 216 valence electrons. The van der Waals surface area contributed by atoms with Gasteiger partial charge in [-0.3, -0.25) is 9.88 Å². The number of carbonyl (C=O) groups is 2. The third kappa shape index (κ3) is 10.7. The summed E-state index contributed by atoms with van der Waals surface area (Å²) in [5.74, 6) is -4.75. The highest BCUT2D eigenvalue weighted by atomic mass is 19.4. The summed E-state index contributed by atoms with van der Waals surface area (Å²) in [5, 5.41) is 14.2. The molecule has 3 atom stereocenters. The summed E-state index contributed by atoms with van der Waals surface area (Å²) in [6, 6.07) is 6.50. The predicted molar refractivity (Wildman–Crippen MR) is 118 cm³/mol. The number of aliphatic carboxylic acids is 2. The third-order valence-corrected chi connectivity index (χ3v) is 6.07. The number of ether oxygens (including phenoxy) is 3. The van der Waals surface area contributed by atoms with Gasteiger partial charge in [-0.05, 0) is 43.7 Å². The van der Waals surface area contributed by atoms with Gasteiger partial charge in [0.05, 0.1) is 18.4 Å². The molecule has 0 radical (unpaired) electrons. The SMILES string of the molecule is O=C(O)C(F)(F)F.O=C(O)C(F)(F)F.c1ccc(CO[C@@H]2CN(CC3CCOCC3)[C@@H]3CCCO[C@@H]32)nc1. The highest BCUT2D eigenvalue weighted by Crippen LogP contribution is 2.32. The Morgan fingerprint density at radius 1 is 1.00 bits per heavy atom. The average molecular weight is 560 g/mol. The Hall–Kier alpha value is -2.49. The van der Waals surface area contributed by atoms with Crippen LogP contribution < -0.4 is 0 Å². The van der Waals surface area contributed by atoms with Gasteiger partial charge in [0.25, 0.3) is 0 Å². The van der Waals surface area contributed by atoms with E-state index in [1.807, 2.05) is 24.4 Å². The Labute approximate surface area is 214 Å². The summed E-state index contributed by atoms with van der Waals surface area (Å²) in [6.07, 6.45) is -3.18. The van der Waals surface area contributed by atoms with Gasteiger partial charge < -0.3 is 24.4 Å². The summed E-state index contributed by atoms with van der Waals surface area (Å²) < 4.78 is 81.3.